The molecule has 0 saturated carbocycles. The van der Waals surface area contributed by atoms with Gasteiger partial charge in [-0.15, -0.1) is 0 Å². The van der Waals surface area contributed by atoms with Gasteiger partial charge in [0.15, 0.2) is 0 Å². The van der Waals surface area contributed by atoms with E-state index in [1.807, 2.05) is 5.32 Å². The number of amides is 2. The Labute approximate surface area is 92.1 Å². The molecule has 0 unspecified atom stereocenters. The predicted molar refractivity (Wildman–Crippen MR) is 52.5 cm³/mol. The lowest BCUT2D eigenvalue weighted by atomic mass is 10.2. The highest BCUT2D eigenvalue weighted by molar-refractivity contribution is 6.02. The first kappa shape index (κ1) is 13.6. The molecule has 0 spiro atoms. The van der Waals surface area contributed by atoms with Crippen LogP contribution in [0.25, 0.3) is 0 Å². The summed E-state index contributed by atoms with van der Waals surface area (Å²) in [6, 6.07) is 1.62. The molecule has 0 aromatic heterocycles. The maximum Gasteiger partial charge on any atom is 0.325 e. The van der Waals surface area contributed by atoms with E-state index in [1.165, 1.54) is 14.0 Å². The molecule has 7 nitrogen and oxygen atoms in total. The van der Waals surface area contributed by atoms with Gasteiger partial charge in [-0.25, -0.2) is 0 Å². The number of carbonyl (C=O) groups is 3. The Morgan fingerprint density at radius 1 is 1.50 bits per heavy atom. The Hall–Kier alpha value is -2.36. The number of carbonyl (C=O) groups excluding carboxylic acids is 3. The zero-order valence-corrected chi connectivity index (χ0v) is 8.86. The number of nitrogens with zero attached hydrogens (tertiary/aromatic N) is 1. The van der Waals surface area contributed by atoms with Crippen LogP contribution in [0.4, 0.5) is 0 Å². The molecule has 0 radical (unpaired) electrons. The molecule has 0 atom stereocenters. The summed E-state index contributed by atoms with van der Waals surface area (Å²) in [5, 5.41) is 13.0. The topological polar surface area (TPSA) is 108 Å². The van der Waals surface area contributed by atoms with Crippen molar-refractivity contribution < 1.29 is 19.1 Å². The summed E-state index contributed by atoms with van der Waals surface area (Å²) in [5.41, 5.74) is -0.0803. The van der Waals surface area contributed by atoms with Crippen LogP contribution in [-0.4, -0.2) is 31.9 Å². The highest BCUT2D eigenvalue weighted by Crippen LogP contribution is 1.99. The van der Waals surface area contributed by atoms with Crippen molar-refractivity contribution in [3.05, 3.63) is 11.3 Å². The van der Waals surface area contributed by atoms with Crippen molar-refractivity contribution >= 4 is 18.3 Å². The van der Waals surface area contributed by atoms with Gasteiger partial charge in [0.1, 0.15) is 18.2 Å². The van der Waals surface area contributed by atoms with Crippen LogP contribution in [0.15, 0.2) is 11.3 Å². The molecule has 0 saturated heterocycles. The van der Waals surface area contributed by atoms with E-state index in [0.717, 1.165) is 0 Å². The number of allylic oxidation sites excluding steroid dienone is 1. The van der Waals surface area contributed by atoms with Crippen LogP contribution >= 0.6 is 0 Å². The summed E-state index contributed by atoms with van der Waals surface area (Å²) in [4.78, 5) is 31.9. The Morgan fingerprint density at radius 3 is 2.56 bits per heavy atom. The highest BCUT2D eigenvalue weighted by atomic mass is 16.5. The number of esters is 1. The molecule has 0 aromatic rings. The lowest BCUT2D eigenvalue weighted by Gasteiger charge is -2.06. The van der Waals surface area contributed by atoms with Crippen LogP contribution in [0.3, 0.4) is 0 Å². The number of imide groups is 1. The van der Waals surface area contributed by atoms with Gasteiger partial charge in [-0.05, 0) is 6.92 Å². The predicted octanol–water partition coefficient (Wildman–Crippen LogP) is -1.18. The monoisotopic (exact) mass is 225 g/mol. The standard InChI is InChI=1S/C9H11N3O4/c1-6(11-4-8(14)16-2)7(3-10)9(15)12-5-13/h5,11H,4H2,1-2H3,(H,12,13,15). The molecule has 0 bridgehead atoms. The fourth-order valence-electron chi connectivity index (χ4n) is 0.796. The van der Waals surface area contributed by atoms with Gasteiger partial charge in [0.2, 0.25) is 6.41 Å². The second-order valence-corrected chi connectivity index (χ2v) is 2.63. The summed E-state index contributed by atoms with van der Waals surface area (Å²) in [6.07, 6.45) is 0.174. The molecular weight excluding hydrogens is 214 g/mol. The van der Waals surface area contributed by atoms with Gasteiger partial charge in [-0.3, -0.25) is 19.7 Å². The summed E-state index contributed by atoms with van der Waals surface area (Å²) < 4.78 is 4.36. The zero-order valence-electron chi connectivity index (χ0n) is 8.86. The normalized spacial score (nSPS) is 10.6. The Balaban J connectivity index is 4.63. The highest BCUT2D eigenvalue weighted by Gasteiger charge is 2.12. The average Bonchev–Trinajstić information content (AvgIpc) is 2.27. The molecule has 0 fully saturated rings. The van der Waals surface area contributed by atoms with Gasteiger partial charge in [-0.2, -0.15) is 5.26 Å². The zero-order chi connectivity index (χ0) is 12.6. The number of nitriles is 1. The van der Waals surface area contributed by atoms with Crippen LogP contribution in [0, 0.1) is 11.3 Å². The molecule has 2 N–H and O–H groups in total. The molecule has 0 rings (SSSR count). The first-order valence-corrected chi connectivity index (χ1v) is 4.23. The lowest BCUT2D eigenvalue weighted by Crippen LogP contribution is -2.28. The molecular formula is C9H11N3O4. The fraction of sp³-hybridized carbons (Fsp3) is 0.333. The SMILES string of the molecule is COC(=O)CNC(C)=C(C#N)C(=O)NC=O. The third kappa shape index (κ3) is 4.23. The number of nitrogens with one attached hydrogen (secondary N) is 2. The second-order valence-electron chi connectivity index (χ2n) is 2.63. The minimum Gasteiger partial charge on any atom is -0.468 e. The van der Waals surface area contributed by atoms with Gasteiger partial charge < -0.3 is 10.1 Å². The van der Waals surface area contributed by atoms with Crippen molar-refractivity contribution in [2.45, 2.75) is 6.92 Å². The van der Waals surface area contributed by atoms with E-state index in [0.29, 0.717) is 0 Å². The van der Waals surface area contributed by atoms with Crippen LogP contribution in [0.1, 0.15) is 6.92 Å². The number of methoxy groups -OCH3 is 1. The van der Waals surface area contributed by atoms with Crippen LogP contribution in [0.2, 0.25) is 0 Å². The van der Waals surface area contributed by atoms with Crippen LogP contribution < -0.4 is 10.6 Å². The van der Waals surface area contributed by atoms with Crippen molar-refractivity contribution in [1.29, 1.82) is 5.26 Å². The molecule has 16 heavy (non-hydrogen) atoms. The van der Waals surface area contributed by atoms with Crippen molar-refractivity contribution in [1.82, 2.24) is 10.6 Å². The molecule has 2 amide bonds. The van der Waals surface area contributed by atoms with Gasteiger partial charge in [0.25, 0.3) is 5.91 Å². The maximum absolute atomic E-state index is 11.2. The van der Waals surface area contributed by atoms with E-state index in [1.54, 1.807) is 6.07 Å². The van der Waals surface area contributed by atoms with Gasteiger partial charge >= 0.3 is 5.97 Å². The molecule has 0 aromatic carbocycles. The lowest BCUT2D eigenvalue weighted by molar-refractivity contribution is -0.139. The number of hydrogen-bond acceptors (Lipinski definition) is 6. The molecule has 7 heteroatoms. The summed E-state index contributed by atoms with van der Waals surface area (Å²) in [7, 11) is 1.22. The number of hydrogen-bond donors (Lipinski definition) is 2. The Bertz CT molecular complexity index is 367. The molecule has 0 aliphatic carbocycles. The third-order valence-corrected chi connectivity index (χ3v) is 1.63. The Morgan fingerprint density at radius 2 is 2.12 bits per heavy atom. The van der Waals surface area contributed by atoms with Crippen molar-refractivity contribution in [3.8, 4) is 6.07 Å². The maximum atomic E-state index is 11.2. The van der Waals surface area contributed by atoms with Crippen LogP contribution in [0.5, 0.6) is 0 Å². The van der Waals surface area contributed by atoms with E-state index >= 15 is 0 Å². The quantitative estimate of drug-likeness (QED) is 0.264. The first-order chi connectivity index (χ1) is 7.56. The van der Waals surface area contributed by atoms with E-state index in [9.17, 15) is 14.4 Å². The van der Waals surface area contributed by atoms with Gasteiger partial charge in [0, 0.05) is 5.70 Å². The van der Waals surface area contributed by atoms with Crippen molar-refractivity contribution in [3.63, 3.8) is 0 Å². The summed E-state index contributed by atoms with van der Waals surface area (Å²) in [5.74, 6) is -1.36. The molecule has 0 heterocycles. The van der Waals surface area contributed by atoms with Crippen molar-refractivity contribution in [2.75, 3.05) is 13.7 Å². The largest absolute Gasteiger partial charge is 0.468 e. The molecule has 0 aliphatic heterocycles. The van der Waals surface area contributed by atoms with E-state index in [-0.39, 0.29) is 24.2 Å². The smallest absolute Gasteiger partial charge is 0.325 e. The van der Waals surface area contributed by atoms with Crippen LogP contribution in [-0.2, 0) is 19.1 Å². The second kappa shape index (κ2) is 7.00. The average molecular weight is 225 g/mol. The molecule has 0 aliphatic rings. The van der Waals surface area contributed by atoms with E-state index in [2.05, 4.69) is 10.1 Å². The minimum absolute atomic E-state index is 0.165. The number of ether oxygens (including phenoxy) is 1. The van der Waals surface area contributed by atoms with E-state index < -0.39 is 11.9 Å². The fourth-order valence-corrected chi connectivity index (χ4v) is 0.796. The number of rotatable bonds is 5. The van der Waals surface area contributed by atoms with Crippen molar-refractivity contribution in [2.24, 2.45) is 0 Å². The summed E-state index contributed by atoms with van der Waals surface area (Å²) in [6.45, 7) is 1.27. The third-order valence-electron chi connectivity index (χ3n) is 1.63. The van der Waals surface area contributed by atoms with Gasteiger partial charge in [0.05, 0.1) is 7.11 Å². The minimum atomic E-state index is -0.827. The summed E-state index contributed by atoms with van der Waals surface area (Å²) >= 11 is 0. The molecule has 86 valence electrons. The first-order valence-electron chi connectivity index (χ1n) is 4.23. The van der Waals surface area contributed by atoms with E-state index in [4.69, 9.17) is 5.26 Å². The Kier molecular flexibility index (Phi) is 5.97. The van der Waals surface area contributed by atoms with Gasteiger partial charge in [-0.1, -0.05) is 0 Å².